The smallest absolute Gasteiger partial charge is 0.166 e. The number of anilines is 1. The van der Waals surface area contributed by atoms with Crippen molar-refractivity contribution in [2.24, 2.45) is 0 Å². The first kappa shape index (κ1) is 14.4. The van der Waals surface area contributed by atoms with Crippen molar-refractivity contribution in [3.8, 4) is 5.75 Å². The van der Waals surface area contributed by atoms with E-state index in [2.05, 4.69) is 20.9 Å². The van der Waals surface area contributed by atoms with Crippen LogP contribution in [0, 0.1) is 0 Å². The van der Waals surface area contributed by atoms with Crippen molar-refractivity contribution in [3.63, 3.8) is 0 Å². The molecule has 0 saturated heterocycles. The Morgan fingerprint density at radius 1 is 1.32 bits per heavy atom. The van der Waals surface area contributed by atoms with Gasteiger partial charge < -0.3 is 10.5 Å². The SMILES string of the molecule is C[C@H](Oc1cc(Br)cnc1N)c1c(Cl)cccc1Cl. The predicted octanol–water partition coefficient (Wildman–Crippen LogP) is 4.87. The Balaban J connectivity index is 2.31. The Hall–Kier alpha value is -0.970. The molecule has 1 atom stereocenters. The molecule has 2 N–H and O–H groups in total. The summed E-state index contributed by atoms with van der Waals surface area (Å²) in [6, 6.07) is 7.08. The monoisotopic (exact) mass is 360 g/mol. The number of aromatic nitrogens is 1. The Kier molecular flexibility index (Phi) is 4.55. The van der Waals surface area contributed by atoms with Crippen LogP contribution in [-0.4, -0.2) is 4.98 Å². The fraction of sp³-hybridized carbons (Fsp3) is 0.154. The van der Waals surface area contributed by atoms with Crippen LogP contribution in [0.2, 0.25) is 10.0 Å². The number of nitrogens with zero attached hydrogens (tertiary/aromatic N) is 1. The van der Waals surface area contributed by atoms with E-state index in [0.717, 1.165) is 10.0 Å². The van der Waals surface area contributed by atoms with Crippen molar-refractivity contribution in [1.82, 2.24) is 4.98 Å². The van der Waals surface area contributed by atoms with E-state index in [1.807, 2.05) is 6.92 Å². The molecule has 0 bridgehead atoms. The fourth-order valence-corrected chi connectivity index (χ4v) is 2.69. The molecule has 1 aromatic carbocycles. The van der Waals surface area contributed by atoms with Gasteiger partial charge in [-0.25, -0.2) is 4.98 Å². The molecular formula is C13H11BrCl2N2O. The molecule has 0 fully saturated rings. The van der Waals surface area contributed by atoms with E-state index in [-0.39, 0.29) is 6.10 Å². The highest BCUT2D eigenvalue weighted by Crippen LogP contribution is 2.34. The van der Waals surface area contributed by atoms with Crippen molar-refractivity contribution in [1.29, 1.82) is 0 Å². The third-order valence-corrected chi connectivity index (χ3v) is 3.65. The Morgan fingerprint density at radius 2 is 1.95 bits per heavy atom. The molecular weight excluding hydrogens is 351 g/mol. The number of hydrogen-bond donors (Lipinski definition) is 1. The zero-order chi connectivity index (χ0) is 14.0. The van der Waals surface area contributed by atoms with E-state index in [1.54, 1.807) is 30.5 Å². The van der Waals surface area contributed by atoms with Crippen LogP contribution in [0.4, 0.5) is 5.82 Å². The molecule has 0 spiro atoms. The van der Waals surface area contributed by atoms with Crippen molar-refractivity contribution >= 4 is 44.9 Å². The van der Waals surface area contributed by atoms with E-state index in [1.165, 1.54) is 0 Å². The molecule has 0 unspecified atom stereocenters. The lowest BCUT2D eigenvalue weighted by atomic mass is 10.1. The minimum Gasteiger partial charge on any atom is -0.482 e. The minimum atomic E-state index is -0.334. The lowest BCUT2D eigenvalue weighted by molar-refractivity contribution is 0.227. The molecule has 0 saturated carbocycles. The highest BCUT2D eigenvalue weighted by Gasteiger charge is 2.16. The summed E-state index contributed by atoms with van der Waals surface area (Å²) in [6.45, 7) is 1.85. The molecule has 19 heavy (non-hydrogen) atoms. The van der Waals surface area contributed by atoms with Gasteiger partial charge in [-0.2, -0.15) is 0 Å². The Labute approximate surface area is 129 Å². The van der Waals surface area contributed by atoms with E-state index in [4.69, 9.17) is 33.7 Å². The molecule has 100 valence electrons. The number of pyridine rings is 1. The molecule has 0 aliphatic heterocycles. The summed E-state index contributed by atoms with van der Waals surface area (Å²) >= 11 is 15.6. The number of nitrogens with two attached hydrogens (primary N) is 1. The maximum Gasteiger partial charge on any atom is 0.166 e. The second kappa shape index (κ2) is 5.99. The summed E-state index contributed by atoms with van der Waals surface area (Å²) in [5, 5.41) is 1.11. The summed E-state index contributed by atoms with van der Waals surface area (Å²) in [7, 11) is 0. The first-order valence-electron chi connectivity index (χ1n) is 5.50. The molecule has 0 aliphatic carbocycles. The van der Waals surface area contributed by atoms with Crippen LogP contribution in [0.25, 0.3) is 0 Å². The third kappa shape index (κ3) is 3.32. The lowest BCUT2D eigenvalue weighted by Gasteiger charge is -2.18. The maximum absolute atomic E-state index is 6.14. The van der Waals surface area contributed by atoms with Gasteiger partial charge in [-0.1, -0.05) is 29.3 Å². The van der Waals surface area contributed by atoms with Gasteiger partial charge in [-0.15, -0.1) is 0 Å². The van der Waals surface area contributed by atoms with Crippen LogP contribution in [0.3, 0.4) is 0 Å². The fourth-order valence-electron chi connectivity index (χ4n) is 1.67. The molecule has 2 aromatic rings. The molecule has 1 heterocycles. The molecule has 0 aliphatic rings. The first-order valence-corrected chi connectivity index (χ1v) is 7.05. The number of hydrogen-bond acceptors (Lipinski definition) is 3. The summed E-state index contributed by atoms with van der Waals surface area (Å²) in [5.74, 6) is 0.802. The van der Waals surface area contributed by atoms with E-state index in [0.29, 0.717) is 21.6 Å². The zero-order valence-electron chi connectivity index (χ0n) is 10.0. The Morgan fingerprint density at radius 3 is 2.58 bits per heavy atom. The number of benzene rings is 1. The van der Waals surface area contributed by atoms with Crippen molar-refractivity contribution < 1.29 is 4.74 Å². The molecule has 0 amide bonds. The van der Waals surface area contributed by atoms with Crippen LogP contribution >= 0.6 is 39.1 Å². The van der Waals surface area contributed by atoms with Gasteiger partial charge in [0.1, 0.15) is 6.10 Å². The summed E-state index contributed by atoms with van der Waals surface area (Å²) in [4.78, 5) is 4.01. The molecule has 3 nitrogen and oxygen atoms in total. The van der Waals surface area contributed by atoms with E-state index in [9.17, 15) is 0 Å². The standard InChI is InChI=1S/C13H11BrCl2N2O/c1-7(12-9(15)3-2-4-10(12)16)19-11-5-8(14)6-18-13(11)17/h2-7H,1H3,(H2,17,18)/t7-/m0/s1. The predicted molar refractivity (Wildman–Crippen MR) is 81.9 cm³/mol. The number of halogens is 3. The van der Waals surface area contributed by atoms with Crippen LogP contribution < -0.4 is 10.5 Å². The van der Waals surface area contributed by atoms with Gasteiger partial charge in [-0.3, -0.25) is 0 Å². The van der Waals surface area contributed by atoms with Crippen LogP contribution in [0.5, 0.6) is 5.75 Å². The average molecular weight is 362 g/mol. The Bertz CT molecular complexity index is 587. The van der Waals surface area contributed by atoms with Gasteiger partial charge in [0.2, 0.25) is 0 Å². The zero-order valence-corrected chi connectivity index (χ0v) is 13.1. The second-order valence-corrected chi connectivity index (χ2v) is 5.66. The largest absolute Gasteiger partial charge is 0.482 e. The highest BCUT2D eigenvalue weighted by atomic mass is 79.9. The third-order valence-electron chi connectivity index (χ3n) is 2.56. The number of ether oxygens (including phenoxy) is 1. The van der Waals surface area contributed by atoms with Gasteiger partial charge in [0.15, 0.2) is 11.6 Å². The summed E-state index contributed by atoms with van der Waals surface area (Å²) in [6.07, 6.45) is 1.27. The van der Waals surface area contributed by atoms with Crippen LogP contribution in [0.15, 0.2) is 34.9 Å². The number of nitrogen functional groups attached to an aromatic ring is 1. The van der Waals surface area contributed by atoms with Crippen LogP contribution in [0.1, 0.15) is 18.6 Å². The quantitative estimate of drug-likeness (QED) is 0.847. The van der Waals surface area contributed by atoms with Crippen molar-refractivity contribution in [3.05, 3.63) is 50.5 Å². The first-order chi connectivity index (χ1) is 8.99. The summed E-state index contributed by atoms with van der Waals surface area (Å²) in [5.41, 5.74) is 6.50. The van der Waals surface area contributed by atoms with Crippen molar-refractivity contribution in [2.75, 3.05) is 5.73 Å². The van der Waals surface area contributed by atoms with E-state index >= 15 is 0 Å². The van der Waals surface area contributed by atoms with Gasteiger partial charge in [-0.05, 0) is 41.1 Å². The topological polar surface area (TPSA) is 48.1 Å². The minimum absolute atomic E-state index is 0.318. The molecule has 0 radical (unpaired) electrons. The average Bonchev–Trinajstić information content (AvgIpc) is 2.33. The summed E-state index contributed by atoms with van der Waals surface area (Å²) < 4.78 is 6.57. The molecule has 2 rings (SSSR count). The van der Waals surface area contributed by atoms with Crippen molar-refractivity contribution in [2.45, 2.75) is 13.0 Å². The van der Waals surface area contributed by atoms with Crippen LogP contribution in [-0.2, 0) is 0 Å². The lowest BCUT2D eigenvalue weighted by Crippen LogP contribution is -2.07. The molecule has 6 heteroatoms. The second-order valence-electron chi connectivity index (χ2n) is 3.93. The van der Waals surface area contributed by atoms with Gasteiger partial charge in [0.05, 0.1) is 0 Å². The molecule has 1 aromatic heterocycles. The highest BCUT2D eigenvalue weighted by molar-refractivity contribution is 9.10. The normalized spacial score (nSPS) is 12.2. The van der Waals surface area contributed by atoms with Gasteiger partial charge in [0, 0.05) is 26.3 Å². The van der Waals surface area contributed by atoms with E-state index < -0.39 is 0 Å². The number of rotatable bonds is 3. The van der Waals surface area contributed by atoms with Gasteiger partial charge in [0.25, 0.3) is 0 Å². The maximum atomic E-state index is 6.14. The van der Waals surface area contributed by atoms with Gasteiger partial charge >= 0.3 is 0 Å².